The molecule has 3 rings (SSSR count). The molecular formula is C20H21N3O3S. The van der Waals surface area contributed by atoms with Crippen LogP contribution in [0.5, 0.6) is 5.75 Å². The first kappa shape index (κ1) is 19.0. The number of carbonyl (C=O) groups is 1. The topological polar surface area (TPSA) is 66.2 Å². The molecule has 27 heavy (non-hydrogen) atoms. The fraction of sp³-hybridized carbons (Fsp3) is 0.250. The summed E-state index contributed by atoms with van der Waals surface area (Å²) in [6, 6.07) is 15.7. The Morgan fingerprint density at radius 1 is 1.07 bits per heavy atom. The molecule has 0 aliphatic carbocycles. The molecule has 0 fully saturated rings. The summed E-state index contributed by atoms with van der Waals surface area (Å²) in [5, 5.41) is 8.93. The number of methoxy groups -OCH3 is 2. The van der Waals surface area contributed by atoms with Gasteiger partial charge in [0.1, 0.15) is 11.0 Å². The number of para-hydroxylation sites is 1. The SMILES string of the molecule is COC(=O)C(C)Sc1nnc(-c2ccccc2OC)n1-c1ccc(C)cc1. The molecule has 1 unspecified atom stereocenters. The summed E-state index contributed by atoms with van der Waals surface area (Å²) in [4.78, 5) is 11.9. The van der Waals surface area contributed by atoms with Crippen molar-refractivity contribution in [2.75, 3.05) is 14.2 Å². The van der Waals surface area contributed by atoms with Crippen LogP contribution < -0.4 is 4.74 Å². The highest BCUT2D eigenvalue weighted by atomic mass is 32.2. The molecule has 0 aliphatic heterocycles. The Bertz CT molecular complexity index is 938. The molecule has 0 bridgehead atoms. The number of hydrogen-bond acceptors (Lipinski definition) is 6. The number of benzene rings is 2. The summed E-state index contributed by atoms with van der Waals surface area (Å²) >= 11 is 1.30. The van der Waals surface area contributed by atoms with E-state index in [-0.39, 0.29) is 5.97 Å². The van der Waals surface area contributed by atoms with Gasteiger partial charge in [-0.1, -0.05) is 41.6 Å². The van der Waals surface area contributed by atoms with E-state index in [1.165, 1.54) is 18.9 Å². The van der Waals surface area contributed by atoms with Gasteiger partial charge in [0.25, 0.3) is 0 Å². The maximum atomic E-state index is 11.9. The minimum absolute atomic E-state index is 0.308. The van der Waals surface area contributed by atoms with Gasteiger partial charge in [0.05, 0.1) is 19.8 Å². The van der Waals surface area contributed by atoms with Gasteiger partial charge in [0.15, 0.2) is 11.0 Å². The van der Waals surface area contributed by atoms with Gasteiger partial charge in [-0.2, -0.15) is 0 Å². The molecule has 2 aromatic carbocycles. The van der Waals surface area contributed by atoms with Crippen molar-refractivity contribution in [3.63, 3.8) is 0 Å². The van der Waals surface area contributed by atoms with Crippen LogP contribution in [-0.4, -0.2) is 40.2 Å². The molecule has 0 N–H and O–H groups in total. The summed E-state index contributed by atoms with van der Waals surface area (Å²) < 4.78 is 12.3. The van der Waals surface area contributed by atoms with E-state index in [0.717, 1.165) is 16.8 Å². The minimum atomic E-state index is -0.408. The molecule has 1 heterocycles. The number of carbonyl (C=O) groups excluding carboxylic acids is 1. The van der Waals surface area contributed by atoms with E-state index in [9.17, 15) is 4.79 Å². The van der Waals surface area contributed by atoms with E-state index in [1.807, 2.05) is 60.0 Å². The standard InChI is InChI=1S/C20H21N3O3S/c1-13-9-11-15(12-10-13)23-18(16-7-5-6-8-17(16)25-3)21-22-20(23)27-14(2)19(24)26-4/h5-12,14H,1-4H3. The van der Waals surface area contributed by atoms with Crippen molar-refractivity contribution in [2.45, 2.75) is 24.3 Å². The lowest BCUT2D eigenvalue weighted by Gasteiger charge is -2.14. The third kappa shape index (κ3) is 3.98. The fourth-order valence-electron chi connectivity index (χ4n) is 2.65. The number of rotatable bonds is 6. The van der Waals surface area contributed by atoms with Crippen LogP contribution in [0.2, 0.25) is 0 Å². The van der Waals surface area contributed by atoms with Crippen molar-refractivity contribution in [3.8, 4) is 22.8 Å². The normalized spacial score (nSPS) is 11.9. The summed E-state index contributed by atoms with van der Waals surface area (Å²) in [6.07, 6.45) is 0. The lowest BCUT2D eigenvalue weighted by molar-refractivity contribution is -0.139. The number of aromatic nitrogens is 3. The Morgan fingerprint density at radius 3 is 2.44 bits per heavy atom. The van der Waals surface area contributed by atoms with E-state index < -0.39 is 5.25 Å². The van der Waals surface area contributed by atoms with E-state index in [4.69, 9.17) is 9.47 Å². The van der Waals surface area contributed by atoms with Crippen molar-refractivity contribution in [3.05, 3.63) is 54.1 Å². The molecule has 0 spiro atoms. The van der Waals surface area contributed by atoms with E-state index >= 15 is 0 Å². The molecule has 6 nitrogen and oxygen atoms in total. The molecule has 1 atom stereocenters. The van der Waals surface area contributed by atoms with Crippen LogP contribution >= 0.6 is 11.8 Å². The number of nitrogens with zero attached hydrogens (tertiary/aromatic N) is 3. The summed E-state index contributed by atoms with van der Waals surface area (Å²) in [7, 11) is 3.00. The highest BCUT2D eigenvalue weighted by molar-refractivity contribution is 8.00. The van der Waals surface area contributed by atoms with Crippen LogP contribution in [0.4, 0.5) is 0 Å². The maximum Gasteiger partial charge on any atom is 0.318 e. The van der Waals surface area contributed by atoms with Crippen LogP contribution in [0, 0.1) is 6.92 Å². The largest absolute Gasteiger partial charge is 0.496 e. The van der Waals surface area contributed by atoms with Crippen LogP contribution in [0.25, 0.3) is 17.1 Å². The molecule has 0 radical (unpaired) electrons. The quantitative estimate of drug-likeness (QED) is 0.475. The zero-order valence-electron chi connectivity index (χ0n) is 15.7. The molecule has 3 aromatic rings. The van der Waals surface area contributed by atoms with Gasteiger partial charge in [-0.05, 0) is 38.1 Å². The number of esters is 1. The number of aryl methyl sites for hydroxylation is 1. The maximum absolute atomic E-state index is 11.9. The monoisotopic (exact) mass is 383 g/mol. The molecule has 7 heteroatoms. The van der Waals surface area contributed by atoms with Gasteiger partial charge in [-0.15, -0.1) is 10.2 Å². The first-order valence-corrected chi connectivity index (χ1v) is 9.33. The highest BCUT2D eigenvalue weighted by Gasteiger charge is 2.23. The summed E-state index contributed by atoms with van der Waals surface area (Å²) in [5.74, 6) is 1.05. The van der Waals surface area contributed by atoms with Gasteiger partial charge in [-0.3, -0.25) is 9.36 Å². The number of thioether (sulfide) groups is 1. The smallest absolute Gasteiger partial charge is 0.318 e. The Kier molecular flexibility index (Phi) is 5.81. The van der Waals surface area contributed by atoms with Crippen LogP contribution in [-0.2, 0) is 9.53 Å². The Balaban J connectivity index is 2.14. The van der Waals surface area contributed by atoms with Gasteiger partial charge >= 0.3 is 5.97 Å². The zero-order valence-corrected chi connectivity index (χ0v) is 16.5. The predicted octanol–water partition coefficient (Wildman–Crippen LogP) is 3.90. The van der Waals surface area contributed by atoms with Crippen LogP contribution in [0.15, 0.2) is 53.7 Å². The third-order valence-electron chi connectivity index (χ3n) is 4.09. The summed E-state index contributed by atoms with van der Waals surface area (Å²) in [6.45, 7) is 3.82. The highest BCUT2D eigenvalue weighted by Crippen LogP contribution is 2.34. The minimum Gasteiger partial charge on any atom is -0.496 e. The van der Waals surface area contributed by atoms with Gasteiger partial charge in [0, 0.05) is 5.69 Å². The predicted molar refractivity (Wildman–Crippen MR) is 105 cm³/mol. The van der Waals surface area contributed by atoms with E-state index in [2.05, 4.69) is 10.2 Å². The Hall–Kier alpha value is -2.80. The van der Waals surface area contributed by atoms with E-state index in [1.54, 1.807) is 14.0 Å². The van der Waals surface area contributed by atoms with Gasteiger partial charge < -0.3 is 9.47 Å². The van der Waals surface area contributed by atoms with Crippen LogP contribution in [0.1, 0.15) is 12.5 Å². The first-order valence-electron chi connectivity index (χ1n) is 8.45. The second-order valence-electron chi connectivity index (χ2n) is 5.96. The number of ether oxygens (including phenoxy) is 2. The third-order valence-corrected chi connectivity index (χ3v) is 5.11. The lowest BCUT2D eigenvalue weighted by atomic mass is 10.1. The second kappa shape index (κ2) is 8.26. The molecular weight excluding hydrogens is 362 g/mol. The molecule has 0 saturated heterocycles. The molecule has 1 aromatic heterocycles. The molecule has 0 aliphatic rings. The fourth-order valence-corrected chi connectivity index (χ4v) is 3.54. The Labute approximate surface area is 162 Å². The molecule has 0 amide bonds. The van der Waals surface area contributed by atoms with E-state index in [0.29, 0.717) is 16.7 Å². The lowest BCUT2D eigenvalue weighted by Crippen LogP contribution is -2.15. The average Bonchev–Trinajstić information content (AvgIpc) is 3.11. The number of hydrogen-bond donors (Lipinski definition) is 0. The van der Waals surface area contributed by atoms with Crippen molar-refractivity contribution < 1.29 is 14.3 Å². The van der Waals surface area contributed by atoms with Crippen molar-refractivity contribution >= 4 is 17.7 Å². The van der Waals surface area contributed by atoms with Crippen molar-refractivity contribution in [2.24, 2.45) is 0 Å². The van der Waals surface area contributed by atoms with Gasteiger partial charge in [0.2, 0.25) is 0 Å². The van der Waals surface area contributed by atoms with Crippen molar-refractivity contribution in [1.29, 1.82) is 0 Å². The average molecular weight is 383 g/mol. The molecule has 140 valence electrons. The van der Waals surface area contributed by atoms with Crippen LogP contribution in [0.3, 0.4) is 0 Å². The molecule has 0 saturated carbocycles. The second-order valence-corrected chi connectivity index (χ2v) is 7.27. The van der Waals surface area contributed by atoms with Crippen molar-refractivity contribution in [1.82, 2.24) is 14.8 Å². The Morgan fingerprint density at radius 2 is 1.78 bits per heavy atom. The summed E-state index contributed by atoms with van der Waals surface area (Å²) in [5.41, 5.74) is 2.89. The van der Waals surface area contributed by atoms with Gasteiger partial charge in [-0.25, -0.2) is 0 Å². The first-order chi connectivity index (χ1) is 13.0. The zero-order chi connectivity index (χ0) is 19.4.